The molecule has 2 aromatic carbocycles. The first-order valence-electron chi connectivity index (χ1n) is 8.24. The molecule has 3 nitrogen and oxygen atoms in total. The van der Waals surface area contributed by atoms with E-state index >= 15 is 0 Å². The number of ether oxygens (including phenoxy) is 2. The van der Waals surface area contributed by atoms with E-state index in [-0.39, 0.29) is 12.0 Å². The van der Waals surface area contributed by atoms with E-state index in [1.54, 1.807) is 11.3 Å². The Bertz CT molecular complexity index is 1000. The molecule has 2 aliphatic heterocycles. The Balaban J connectivity index is 1.60. The van der Waals surface area contributed by atoms with Gasteiger partial charge in [0.05, 0.1) is 16.4 Å². The normalized spacial score (nSPS) is 18.2. The van der Waals surface area contributed by atoms with Gasteiger partial charge in [0.1, 0.15) is 0 Å². The van der Waals surface area contributed by atoms with Crippen molar-refractivity contribution in [1.29, 1.82) is 0 Å². The molecule has 0 bridgehead atoms. The van der Waals surface area contributed by atoms with Gasteiger partial charge in [-0.05, 0) is 41.3 Å². The van der Waals surface area contributed by atoms with Gasteiger partial charge in [0.25, 0.3) is 0 Å². The minimum atomic E-state index is 0.200. The highest BCUT2D eigenvalue weighted by atomic mass is 35.5. The van der Waals surface area contributed by atoms with E-state index in [1.165, 1.54) is 9.77 Å². The molecule has 1 unspecified atom stereocenters. The van der Waals surface area contributed by atoms with E-state index in [1.807, 2.05) is 30.0 Å². The Morgan fingerprint density at radius 3 is 2.88 bits per heavy atom. The maximum atomic E-state index is 6.43. The predicted molar refractivity (Wildman–Crippen MR) is 108 cm³/mol. The van der Waals surface area contributed by atoms with Crippen LogP contribution < -0.4 is 9.47 Å². The topological polar surface area (TPSA) is 30.8 Å². The van der Waals surface area contributed by atoms with Crippen LogP contribution in [0, 0.1) is 0 Å². The minimum absolute atomic E-state index is 0.200. The SMILES string of the molecule is Clc1cc(C2CC(c3cccs3)=Nc3ccccc3S2)cc2c1OCO2. The zero-order valence-electron chi connectivity index (χ0n) is 13.6. The van der Waals surface area contributed by atoms with Gasteiger partial charge in [-0.25, -0.2) is 0 Å². The van der Waals surface area contributed by atoms with E-state index in [0.717, 1.165) is 29.1 Å². The second kappa shape index (κ2) is 6.65. The van der Waals surface area contributed by atoms with E-state index < -0.39 is 0 Å². The lowest BCUT2D eigenvalue weighted by atomic mass is 10.0. The first kappa shape index (κ1) is 16.2. The van der Waals surface area contributed by atoms with Crippen molar-refractivity contribution < 1.29 is 9.47 Å². The monoisotopic (exact) mass is 399 g/mol. The number of thioether (sulfide) groups is 1. The maximum absolute atomic E-state index is 6.43. The molecule has 0 fully saturated rings. The number of fused-ring (bicyclic) bond motifs is 2. The van der Waals surface area contributed by atoms with Crippen LogP contribution in [0.4, 0.5) is 5.69 Å². The fourth-order valence-corrected chi connectivity index (χ4v) is 5.38. The molecule has 0 spiro atoms. The lowest BCUT2D eigenvalue weighted by molar-refractivity contribution is 0.174. The molecule has 0 radical (unpaired) electrons. The van der Waals surface area contributed by atoms with Crippen molar-refractivity contribution in [2.24, 2.45) is 4.99 Å². The number of hydrogen-bond donors (Lipinski definition) is 0. The molecular formula is C20H14ClNO2S2. The van der Waals surface area contributed by atoms with Crippen LogP contribution in [0.2, 0.25) is 5.02 Å². The number of aliphatic imine (C=N–C) groups is 1. The standard InChI is InChI=1S/C20H14ClNO2S2/c21-13-8-12(9-16-20(13)24-11-23-16)19-10-15(17-6-3-7-25-17)22-14-4-1-2-5-18(14)26-19/h1-9,19H,10-11H2. The lowest BCUT2D eigenvalue weighted by Crippen LogP contribution is -2.04. The first-order valence-corrected chi connectivity index (χ1v) is 10.4. The van der Waals surface area contributed by atoms with Crippen molar-refractivity contribution in [1.82, 2.24) is 0 Å². The number of nitrogens with zero attached hydrogens (tertiary/aromatic N) is 1. The van der Waals surface area contributed by atoms with E-state index in [4.69, 9.17) is 26.1 Å². The second-order valence-corrected chi connectivity index (χ2v) is 8.65. The molecule has 2 aliphatic rings. The zero-order valence-corrected chi connectivity index (χ0v) is 16.0. The van der Waals surface area contributed by atoms with Gasteiger partial charge in [-0.3, -0.25) is 4.99 Å². The molecule has 1 atom stereocenters. The van der Waals surface area contributed by atoms with Gasteiger partial charge in [-0.15, -0.1) is 23.1 Å². The highest BCUT2D eigenvalue weighted by molar-refractivity contribution is 7.99. The van der Waals surface area contributed by atoms with Gasteiger partial charge < -0.3 is 9.47 Å². The quantitative estimate of drug-likeness (QED) is 0.493. The summed E-state index contributed by atoms with van der Waals surface area (Å²) in [4.78, 5) is 7.36. The summed E-state index contributed by atoms with van der Waals surface area (Å²) in [7, 11) is 0. The van der Waals surface area contributed by atoms with Gasteiger partial charge in [0.2, 0.25) is 6.79 Å². The van der Waals surface area contributed by atoms with Crippen LogP contribution in [0.25, 0.3) is 0 Å². The molecule has 3 heterocycles. The Kier molecular flexibility index (Phi) is 4.15. The summed E-state index contributed by atoms with van der Waals surface area (Å²) in [5.41, 5.74) is 3.26. The summed E-state index contributed by atoms with van der Waals surface area (Å²) in [5.74, 6) is 1.36. The minimum Gasteiger partial charge on any atom is -0.454 e. The number of para-hydroxylation sites is 1. The Labute approximate surface area is 164 Å². The lowest BCUT2D eigenvalue weighted by Gasteiger charge is -2.17. The Morgan fingerprint density at radius 1 is 1.08 bits per heavy atom. The fraction of sp³-hybridized carbons (Fsp3) is 0.150. The van der Waals surface area contributed by atoms with E-state index in [2.05, 4.69) is 35.7 Å². The molecule has 1 aromatic heterocycles. The van der Waals surface area contributed by atoms with Crippen molar-refractivity contribution in [3.05, 3.63) is 69.4 Å². The molecule has 3 aromatic rings. The highest BCUT2D eigenvalue weighted by Gasteiger charge is 2.26. The van der Waals surface area contributed by atoms with Crippen molar-refractivity contribution >= 4 is 46.1 Å². The largest absolute Gasteiger partial charge is 0.454 e. The molecule has 0 saturated heterocycles. The van der Waals surface area contributed by atoms with Crippen LogP contribution in [0.1, 0.15) is 22.1 Å². The summed E-state index contributed by atoms with van der Waals surface area (Å²) < 4.78 is 11.0. The molecule has 0 aliphatic carbocycles. The van der Waals surface area contributed by atoms with Gasteiger partial charge in [0.15, 0.2) is 11.5 Å². The molecular weight excluding hydrogens is 386 g/mol. The third kappa shape index (κ3) is 2.90. The predicted octanol–water partition coefficient (Wildman–Crippen LogP) is 6.49. The van der Waals surface area contributed by atoms with Gasteiger partial charge in [-0.1, -0.05) is 29.8 Å². The van der Waals surface area contributed by atoms with Crippen LogP contribution in [-0.4, -0.2) is 12.5 Å². The summed E-state index contributed by atoms with van der Waals surface area (Å²) in [5, 5.41) is 2.89. The Morgan fingerprint density at radius 2 is 2.00 bits per heavy atom. The average Bonchev–Trinajstić information content (AvgIpc) is 3.30. The third-order valence-corrected chi connectivity index (χ3v) is 6.92. The van der Waals surface area contributed by atoms with Crippen molar-refractivity contribution in [3.63, 3.8) is 0 Å². The van der Waals surface area contributed by atoms with Crippen LogP contribution in [0.5, 0.6) is 11.5 Å². The van der Waals surface area contributed by atoms with Gasteiger partial charge >= 0.3 is 0 Å². The number of thiophene rings is 1. The number of halogens is 1. The summed E-state index contributed by atoms with van der Waals surface area (Å²) >= 11 is 9.97. The number of rotatable bonds is 2. The van der Waals surface area contributed by atoms with Crippen LogP contribution in [-0.2, 0) is 0 Å². The van der Waals surface area contributed by atoms with Crippen molar-refractivity contribution in [3.8, 4) is 11.5 Å². The van der Waals surface area contributed by atoms with Crippen molar-refractivity contribution in [2.75, 3.05) is 6.79 Å². The van der Waals surface area contributed by atoms with Crippen molar-refractivity contribution in [2.45, 2.75) is 16.6 Å². The third-order valence-electron chi connectivity index (χ3n) is 4.40. The number of hydrogen-bond acceptors (Lipinski definition) is 5. The summed E-state index contributed by atoms with van der Waals surface area (Å²) in [6.45, 7) is 0.223. The van der Waals surface area contributed by atoms with Gasteiger partial charge in [0, 0.05) is 21.4 Å². The van der Waals surface area contributed by atoms with Crippen LogP contribution in [0.15, 0.2) is 63.8 Å². The molecule has 0 N–H and O–H groups in total. The average molecular weight is 400 g/mol. The molecule has 130 valence electrons. The molecule has 6 heteroatoms. The maximum Gasteiger partial charge on any atom is 0.231 e. The highest BCUT2D eigenvalue weighted by Crippen LogP contribution is 2.49. The van der Waals surface area contributed by atoms with Crippen LogP contribution >= 0.6 is 34.7 Å². The zero-order chi connectivity index (χ0) is 17.5. The fourth-order valence-electron chi connectivity index (χ4n) is 3.17. The van der Waals surface area contributed by atoms with Crippen LogP contribution in [0.3, 0.4) is 0 Å². The molecule has 5 rings (SSSR count). The smallest absolute Gasteiger partial charge is 0.231 e. The first-order chi connectivity index (χ1) is 12.8. The molecule has 0 amide bonds. The number of benzene rings is 2. The summed E-state index contributed by atoms with van der Waals surface area (Å²) in [6, 6.07) is 16.5. The van der Waals surface area contributed by atoms with E-state index in [0.29, 0.717) is 10.8 Å². The Hall–Kier alpha value is -1.95. The molecule has 0 saturated carbocycles. The molecule has 26 heavy (non-hydrogen) atoms. The summed E-state index contributed by atoms with van der Waals surface area (Å²) in [6.07, 6.45) is 0.829. The van der Waals surface area contributed by atoms with Gasteiger partial charge in [-0.2, -0.15) is 0 Å². The second-order valence-electron chi connectivity index (χ2n) is 6.05. The van der Waals surface area contributed by atoms with E-state index in [9.17, 15) is 0 Å².